The number of para-hydroxylation sites is 1. The van der Waals surface area contributed by atoms with Gasteiger partial charge in [0.25, 0.3) is 5.96 Å². The zero-order chi connectivity index (χ0) is 13.0. The lowest BCUT2D eigenvalue weighted by Crippen LogP contribution is -2.24. The first-order valence-corrected chi connectivity index (χ1v) is 5.20. The zero-order valence-corrected chi connectivity index (χ0v) is 9.61. The number of oxime groups is 1. The van der Waals surface area contributed by atoms with Gasteiger partial charge in [0.2, 0.25) is 0 Å². The molecule has 2 rings (SSSR count). The molecule has 94 valence electrons. The summed E-state index contributed by atoms with van der Waals surface area (Å²) >= 11 is 0. The molecule has 0 spiro atoms. The molecule has 0 saturated heterocycles. The second-order valence-corrected chi connectivity index (χ2v) is 3.21. The molecule has 0 aliphatic carbocycles. The van der Waals surface area contributed by atoms with E-state index >= 15 is 0 Å². The van der Waals surface area contributed by atoms with Crippen LogP contribution in [0.5, 0.6) is 0 Å². The van der Waals surface area contributed by atoms with E-state index in [4.69, 9.17) is 5.73 Å². The van der Waals surface area contributed by atoms with Gasteiger partial charge >= 0.3 is 6.16 Å². The third kappa shape index (κ3) is 2.37. The number of nitrogens with two attached hydrogens (primary N) is 1. The molecule has 0 fully saturated rings. The Morgan fingerprint density at radius 3 is 3.06 bits per heavy atom. The molecular weight excluding hydrogens is 238 g/mol. The van der Waals surface area contributed by atoms with E-state index in [1.165, 1.54) is 4.68 Å². The van der Waals surface area contributed by atoms with Gasteiger partial charge in [-0.15, -0.1) is 5.10 Å². The Balaban J connectivity index is 2.20. The monoisotopic (exact) mass is 249 g/mol. The van der Waals surface area contributed by atoms with Gasteiger partial charge < -0.3 is 10.5 Å². The molecule has 0 aliphatic heterocycles. The topological polar surface area (TPSA) is 105 Å². The molecule has 1 aromatic heterocycles. The maximum absolute atomic E-state index is 10.9. The number of hydrogen-bond acceptors (Lipinski definition) is 6. The molecule has 0 unspecified atom stereocenters. The van der Waals surface area contributed by atoms with Crippen molar-refractivity contribution in [2.45, 2.75) is 6.92 Å². The molecule has 0 bridgehead atoms. The molecule has 0 atom stereocenters. The van der Waals surface area contributed by atoms with Crippen molar-refractivity contribution in [2.75, 3.05) is 6.61 Å². The highest BCUT2D eigenvalue weighted by Crippen LogP contribution is 2.08. The van der Waals surface area contributed by atoms with Crippen LogP contribution >= 0.6 is 0 Å². The lowest BCUT2D eigenvalue weighted by molar-refractivity contribution is 0.0608. The minimum absolute atomic E-state index is 0.114. The van der Waals surface area contributed by atoms with E-state index in [1.807, 2.05) is 12.1 Å². The van der Waals surface area contributed by atoms with E-state index in [2.05, 4.69) is 25.0 Å². The number of nitrogens with zero attached hydrogens (tertiary/aromatic N) is 4. The minimum atomic E-state index is -0.926. The number of carbonyl (C=O) groups is 1. The third-order valence-electron chi connectivity index (χ3n) is 2.04. The van der Waals surface area contributed by atoms with E-state index in [-0.39, 0.29) is 12.6 Å². The van der Waals surface area contributed by atoms with Crippen LogP contribution in [0.25, 0.3) is 11.0 Å². The van der Waals surface area contributed by atoms with Gasteiger partial charge in [-0.05, 0) is 24.2 Å². The van der Waals surface area contributed by atoms with Crippen LogP contribution in [0.4, 0.5) is 4.79 Å². The number of rotatable bonds is 2. The first-order chi connectivity index (χ1) is 8.72. The summed E-state index contributed by atoms with van der Waals surface area (Å²) < 4.78 is 5.79. The SMILES string of the molecule is CCOC(=O)O/N=C(\N)n1nnc2ccccc21. The number of ether oxygens (including phenoxy) is 1. The van der Waals surface area contributed by atoms with Gasteiger partial charge in [-0.2, -0.15) is 4.68 Å². The van der Waals surface area contributed by atoms with Crippen LogP contribution in [0.2, 0.25) is 0 Å². The van der Waals surface area contributed by atoms with Crippen molar-refractivity contribution in [3.8, 4) is 0 Å². The molecule has 2 aromatic rings. The Kier molecular flexibility index (Phi) is 3.37. The molecule has 0 aliphatic rings. The van der Waals surface area contributed by atoms with Crippen LogP contribution in [-0.2, 0) is 9.57 Å². The number of benzene rings is 1. The van der Waals surface area contributed by atoms with Crippen molar-refractivity contribution >= 4 is 23.1 Å². The Bertz CT molecular complexity index is 592. The van der Waals surface area contributed by atoms with Crippen LogP contribution in [0.1, 0.15) is 6.92 Å². The predicted molar refractivity (Wildman–Crippen MR) is 62.7 cm³/mol. The first kappa shape index (κ1) is 11.8. The third-order valence-corrected chi connectivity index (χ3v) is 2.04. The number of carbonyl (C=O) groups excluding carboxylic acids is 1. The summed E-state index contributed by atoms with van der Waals surface area (Å²) in [6.45, 7) is 1.85. The lowest BCUT2D eigenvalue weighted by atomic mass is 10.3. The normalized spacial score (nSPS) is 11.5. The van der Waals surface area contributed by atoms with Gasteiger partial charge in [0, 0.05) is 0 Å². The fourth-order valence-electron chi connectivity index (χ4n) is 1.31. The predicted octanol–water partition coefficient (Wildman–Crippen LogP) is 0.682. The highest BCUT2D eigenvalue weighted by molar-refractivity contribution is 5.89. The Morgan fingerprint density at radius 2 is 2.28 bits per heavy atom. The minimum Gasteiger partial charge on any atom is -0.433 e. The molecule has 8 nitrogen and oxygen atoms in total. The summed E-state index contributed by atoms with van der Waals surface area (Å²) in [5, 5.41) is 11.1. The summed E-state index contributed by atoms with van der Waals surface area (Å²) in [4.78, 5) is 15.4. The molecule has 2 N–H and O–H groups in total. The Morgan fingerprint density at radius 1 is 1.50 bits per heavy atom. The smallest absolute Gasteiger partial charge is 0.433 e. The fraction of sp³-hybridized carbons (Fsp3) is 0.200. The summed E-state index contributed by atoms with van der Waals surface area (Å²) in [7, 11) is 0. The van der Waals surface area contributed by atoms with Crippen molar-refractivity contribution in [3.63, 3.8) is 0 Å². The van der Waals surface area contributed by atoms with Crippen LogP contribution in [0.3, 0.4) is 0 Å². The Labute approximate surface area is 102 Å². The maximum atomic E-state index is 10.9. The van der Waals surface area contributed by atoms with Crippen LogP contribution in [0.15, 0.2) is 29.4 Å². The maximum Gasteiger partial charge on any atom is 0.535 e. The van der Waals surface area contributed by atoms with E-state index in [9.17, 15) is 4.79 Å². The van der Waals surface area contributed by atoms with Crippen molar-refractivity contribution < 1.29 is 14.4 Å². The van der Waals surface area contributed by atoms with Gasteiger partial charge in [0.15, 0.2) is 0 Å². The van der Waals surface area contributed by atoms with Crippen LogP contribution in [-0.4, -0.2) is 33.7 Å². The lowest BCUT2D eigenvalue weighted by Gasteiger charge is -2.00. The van der Waals surface area contributed by atoms with Gasteiger partial charge in [-0.25, -0.2) is 4.79 Å². The Hall–Kier alpha value is -2.64. The van der Waals surface area contributed by atoms with Gasteiger partial charge in [-0.3, -0.25) is 4.84 Å². The van der Waals surface area contributed by atoms with Crippen molar-refractivity contribution in [3.05, 3.63) is 24.3 Å². The molecule has 8 heteroatoms. The van der Waals surface area contributed by atoms with E-state index in [1.54, 1.807) is 19.1 Å². The average Bonchev–Trinajstić information content (AvgIpc) is 2.80. The highest BCUT2D eigenvalue weighted by atomic mass is 16.8. The van der Waals surface area contributed by atoms with Crippen molar-refractivity contribution in [2.24, 2.45) is 10.9 Å². The largest absolute Gasteiger partial charge is 0.535 e. The molecule has 0 amide bonds. The quantitative estimate of drug-likeness (QED) is 0.276. The molecule has 1 heterocycles. The highest BCUT2D eigenvalue weighted by Gasteiger charge is 2.08. The van der Waals surface area contributed by atoms with Gasteiger partial charge in [0.05, 0.1) is 12.1 Å². The van der Waals surface area contributed by atoms with E-state index in [0.717, 1.165) is 0 Å². The summed E-state index contributed by atoms with van der Waals surface area (Å²) in [6, 6.07) is 7.17. The van der Waals surface area contributed by atoms with Crippen LogP contribution in [0, 0.1) is 0 Å². The summed E-state index contributed by atoms with van der Waals surface area (Å²) in [5.74, 6) is -0.114. The van der Waals surface area contributed by atoms with E-state index < -0.39 is 6.16 Å². The number of aromatic nitrogens is 3. The zero-order valence-electron chi connectivity index (χ0n) is 9.61. The van der Waals surface area contributed by atoms with E-state index in [0.29, 0.717) is 11.0 Å². The standard InChI is InChI=1S/C10H11N5O3/c1-2-17-10(16)18-13-9(11)15-8-6-4-3-5-7(8)12-14-15/h3-6H,2H2,1H3,(H2,11,13). The van der Waals surface area contributed by atoms with Crippen LogP contribution < -0.4 is 5.73 Å². The van der Waals surface area contributed by atoms with Gasteiger partial charge in [0.1, 0.15) is 5.52 Å². The molecule has 1 aromatic carbocycles. The van der Waals surface area contributed by atoms with Crippen molar-refractivity contribution in [1.82, 2.24) is 15.0 Å². The number of fused-ring (bicyclic) bond motifs is 1. The molecular formula is C10H11N5O3. The summed E-state index contributed by atoms with van der Waals surface area (Å²) in [6.07, 6.45) is -0.926. The number of hydrogen-bond donors (Lipinski definition) is 1. The first-order valence-electron chi connectivity index (χ1n) is 5.20. The molecule has 0 saturated carbocycles. The fourth-order valence-corrected chi connectivity index (χ4v) is 1.31. The molecule has 0 radical (unpaired) electrons. The second kappa shape index (κ2) is 5.13. The second-order valence-electron chi connectivity index (χ2n) is 3.21. The molecule has 18 heavy (non-hydrogen) atoms. The average molecular weight is 249 g/mol. The van der Waals surface area contributed by atoms with Gasteiger partial charge in [-0.1, -0.05) is 17.3 Å². The van der Waals surface area contributed by atoms with Crippen molar-refractivity contribution in [1.29, 1.82) is 0 Å². The summed E-state index contributed by atoms with van der Waals surface area (Å²) in [5.41, 5.74) is 6.95.